The molecule has 0 unspecified atom stereocenters. The minimum atomic E-state index is -1.00. The maximum atomic E-state index is 11.6. The number of hydrogen-bond acceptors (Lipinski definition) is 4. The van der Waals surface area contributed by atoms with Crippen molar-refractivity contribution in [3.63, 3.8) is 0 Å². The van der Waals surface area contributed by atoms with Crippen LogP contribution in [0.25, 0.3) is 11.1 Å². The van der Waals surface area contributed by atoms with Crippen molar-refractivity contribution in [2.24, 2.45) is 0 Å². The highest BCUT2D eigenvalue weighted by atomic mass is 35.5. The van der Waals surface area contributed by atoms with E-state index in [1.54, 1.807) is 24.3 Å². The molecule has 6 nitrogen and oxygen atoms in total. The number of halogens is 1. The molecule has 2 N–H and O–H groups in total. The summed E-state index contributed by atoms with van der Waals surface area (Å²) in [6.45, 7) is 2.07. The lowest BCUT2D eigenvalue weighted by atomic mass is 9.96. The van der Waals surface area contributed by atoms with Crippen molar-refractivity contribution >= 4 is 23.5 Å². The van der Waals surface area contributed by atoms with E-state index in [0.717, 1.165) is 24.0 Å². The maximum absolute atomic E-state index is 11.6. The number of rotatable bonds is 9. The molecule has 0 bridgehead atoms. The number of aromatic carboxylic acids is 1. The highest BCUT2D eigenvalue weighted by Crippen LogP contribution is 2.27. The van der Waals surface area contributed by atoms with Gasteiger partial charge in [0.15, 0.2) is 0 Å². The summed E-state index contributed by atoms with van der Waals surface area (Å²) in [5.74, 6) is -1.39. The minimum Gasteiger partial charge on any atom is -0.481 e. The zero-order valence-corrected chi connectivity index (χ0v) is 17.9. The number of hydrogen-bond donors (Lipinski definition) is 2. The Labute approximate surface area is 185 Å². The van der Waals surface area contributed by atoms with Gasteiger partial charge in [0, 0.05) is 18.4 Å². The molecule has 0 aliphatic rings. The predicted molar refractivity (Wildman–Crippen MR) is 119 cm³/mol. The van der Waals surface area contributed by atoms with Gasteiger partial charge >= 0.3 is 11.9 Å². The predicted octanol–water partition coefficient (Wildman–Crippen LogP) is 5.06. The number of carboxylic acids is 2. The second-order valence-electron chi connectivity index (χ2n) is 7.26. The van der Waals surface area contributed by atoms with Crippen molar-refractivity contribution in [2.75, 3.05) is 0 Å². The molecule has 0 spiro atoms. The third-order valence-corrected chi connectivity index (χ3v) is 5.25. The zero-order valence-electron chi connectivity index (χ0n) is 17.1. The fourth-order valence-electron chi connectivity index (χ4n) is 3.43. The lowest BCUT2D eigenvalue weighted by molar-refractivity contribution is -0.136. The molecule has 0 fully saturated rings. The molecule has 3 rings (SSSR count). The Kier molecular flexibility index (Phi) is 7.36. The van der Waals surface area contributed by atoms with Gasteiger partial charge in [0.1, 0.15) is 11.0 Å². The number of nitrogens with zero attached hydrogens (tertiary/aromatic N) is 2. The van der Waals surface area contributed by atoms with Gasteiger partial charge in [0.25, 0.3) is 0 Å². The first kappa shape index (κ1) is 22.4. The van der Waals surface area contributed by atoms with Crippen LogP contribution in [0.4, 0.5) is 0 Å². The first-order valence-electron chi connectivity index (χ1n) is 10.1. The first-order valence-corrected chi connectivity index (χ1v) is 10.4. The van der Waals surface area contributed by atoms with Crippen LogP contribution in [-0.2, 0) is 24.1 Å². The summed E-state index contributed by atoms with van der Waals surface area (Å²) in [4.78, 5) is 31.8. The van der Waals surface area contributed by atoms with Crippen LogP contribution >= 0.6 is 11.6 Å². The molecule has 0 aliphatic carbocycles. The Morgan fingerprint density at radius 1 is 1.03 bits per heavy atom. The highest BCUT2D eigenvalue weighted by molar-refractivity contribution is 6.30. The summed E-state index contributed by atoms with van der Waals surface area (Å²) in [5.41, 5.74) is 3.47. The molecule has 7 heteroatoms. The Morgan fingerprint density at radius 3 is 2.52 bits per heavy atom. The number of aromatic nitrogens is 2. The largest absolute Gasteiger partial charge is 0.481 e. The molecule has 3 aromatic rings. The molecule has 0 radical (unpaired) electrons. The molecule has 0 amide bonds. The van der Waals surface area contributed by atoms with Crippen molar-refractivity contribution in [3.8, 4) is 11.1 Å². The molecule has 0 saturated heterocycles. The van der Waals surface area contributed by atoms with Gasteiger partial charge in [-0.3, -0.25) is 4.79 Å². The van der Waals surface area contributed by atoms with E-state index >= 15 is 0 Å². The average molecular weight is 439 g/mol. The molecule has 2 aromatic carbocycles. The van der Waals surface area contributed by atoms with Gasteiger partial charge in [-0.05, 0) is 29.2 Å². The molecule has 160 valence electrons. The minimum absolute atomic E-state index is 0.172. The second kappa shape index (κ2) is 10.2. The topological polar surface area (TPSA) is 100 Å². The van der Waals surface area contributed by atoms with E-state index in [0.29, 0.717) is 35.5 Å². The van der Waals surface area contributed by atoms with E-state index in [1.807, 2.05) is 24.3 Å². The number of aryl methyl sites for hydroxylation is 1. The normalized spacial score (nSPS) is 10.8. The Bertz CT molecular complexity index is 1110. The van der Waals surface area contributed by atoms with Crippen molar-refractivity contribution in [3.05, 3.63) is 81.9 Å². The molecule has 0 saturated carbocycles. The van der Waals surface area contributed by atoms with Gasteiger partial charge in [-0.15, -0.1) is 0 Å². The molecule has 0 aliphatic heterocycles. The number of benzene rings is 2. The molecule has 0 atom stereocenters. The van der Waals surface area contributed by atoms with Gasteiger partial charge in [-0.2, -0.15) is 0 Å². The summed E-state index contributed by atoms with van der Waals surface area (Å²) in [6.07, 6.45) is 2.67. The van der Waals surface area contributed by atoms with Crippen LogP contribution in [0.2, 0.25) is 5.15 Å². The lowest BCUT2D eigenvalue weighted by Gasteiger charge is -2.13. The van der Waals surface area contributed by atoms with Gasteiger partial charge < -0.3 is 10.2 Å². The monoisotopic (exact) mass is 438 g/mol. The van der Waals surface area contributed by atoms with Gasteiger partial charge in [0.05, 0.1) is 17.7 Å². The first-order chi connectivity index (χ1) is 14.9. The summed E-state index contributed by atoms with van der Waals surface area (Å²) >= 11 is 6.33. The van der Waals surface area contributed by atoms with E-state index in [2.05, 4.69) is 16.9 Å². The summed E-state index contributed by atoms with van der Waals surface area (Å²) in [7, 11) is 0. The second-order valence-corrected chi connectivity index (χ2v) is 7.62. The van der Waals surface area contributed by atoms with Crippen LogP contribution in [0.5, 0.6) is 0 Å². The van der Waals surface area contributed by atoms with Gasteiger partial charge in [0.2, 0.25) is 0 Å². The van der Waals surface area contributed by atoms with E-state index in [1.165, 1.54) is 0 Å². The SMILES string of the molecule is CCCCc1nc(Cl)c(CC(=O)O)c(Cc2cccc(-c3ccccc3C(=O)O)c2)n1. The van der Waals surface area contributed by atoms with Crippen molar-refractivity contribution < 1.29 is 19.8 Å². The van der Waals surface area contributed by atoms with Crippen LogP contribution in [0.1, 0.15) is 52.8 Å². The van der Waals surface area contributed by atoms with Crippen LogP contribution < -0.4 is 0 Å². The summed E-state index contributed by atoms with van der Waals surface area (Å²) < 4.78 is 0. The molecule has 1 aromatic heterocycles. The maximum Gasteiger partial charge on any atom is 0.336 e. The van der Waals surface area contributed by atoms with Crippen LogP contribution in [0, 0.1) is 0 Å². The molecular weight excluding hydrogens is 416 g/mol. The molecule has 31 heavy (non-hydrogen) atoms. The fourth-order valence-corrected chi connectivity index (χ4v) is 3.70. The van der Waals surface area contributed by atoms with E-state index in [-0.39, 0.29) is 17.1 Å². The summed E-state index contributed by atoms with van der Waals surface area (Å²) in [6, 6.07) is 14.3. The fraction of sp³-hybridized carbons (Fsp3) is 0.250. The van der Waals surface area contributed by atoms with Crippen molar-refractivity contribution in [2.45, 2.75) is 39.0 Å². The van der Waals surface area contributed by atoms with E-state index in [4.69, 9.17) is 11.6 Å². The van der Waals surface area contributed by atoms with Crippen LogP contribution in [-0.4, -0.2) is 32.1 Å². The van der Waals surface area contributed by atoms with Crippen LogP contribution in [0.15, 0.2) is 48.5 Å². The average Bonchev–Trinajstić information content (AvgIpc) is 2.74. The standard InChI is InChI=1S/C24H23ClN2O4/c1-2-3-11-21-26-20(19(14-22(28)29)23(25)27-21)13-15-7-6-8-16(12-15)17-9-4-5-10-18(17)24(30)31/h4-10,12H,2-3,11,13-14H2,1H3,(H,28,29)(H,30,31). The van der Waals surface area contributed by atoms with Crippen molar-refractivity contribution in [1.29, 1.82) is 0 Å². The lowest BCUT2D eigenvalue weighted by Crippen LogP contribution is -2.11. The Morgan fingerprint density at radius 2 is 1.81 bits per heavy atom. The van der Waals surface area contributed by atoms with E-state index < -0.39 is 11.9 Å². The van der Waals surface area contributed by atoms with Crippen molar-refractivity contribution in [1.82, 2.24) is 9.97 Å². The third-order valence-electron chi connectivity index (χ3n) is 4.94. The number of unbranched alkanes of at least 4 members (excludes halogenated alkanes) is 1. The van der Waals surface area contributed by atoms with E-state index in [9.17, 15) is 19.8 Å². The molecular formula is C24H23ClN2O4. The number of carbonyl (C=O) groups is 2. The number of carboxylic acid groups (broad SMARTS) is 2. The Hall–Kier alpha value is -3.25. The highest BCUT2D eigenvalue weighted by Gasteiger charge is 2.17. The zero-order chi connectivity index (χ0) is 22.4. The molecule has 1 heterocycles. The van der Waals surface area contributed by atoms with Gasteiger partial charge in [-0.1, -0.05) is 67.4 Å². The quantitative estimate of drug-likeness (QED) is 0.453. The Balaban J connectivity index is 2.00. The van der Waals surface area contributed by atoms with Gasteiger partial charge in [-0.25, -0.2) is 14.8 Å². The smallest absolute Gasteiger partial charge is 0.336 e. The third kappa shape index (κ3) is 5.67. The number of aliphatic carboxylic acids is 1. The van der Waals surface area contributed by atoms with Crippen LogP contribution in [0.3, 0.4) is 0 Å². The summed E-state index contributed by atoms with van der Waals surface area (Å²) in [5, 5.41) is 19.0.